The minimum absolute atomic E-state index is 0.185. The van der Waals surface area contributed by atoms with Gasteiger partial charge in [-0.2, -0.15) is 0 Å². The van der Waals surface area contributed by atoms with Crippen molar-refractivity contribution in [3.8, 4) is 0 Å². The van der Waals surface area contributed by atoms with E-state index in [2.05, 4.69) is 9.72 Å². The van der Waals surface area contributed by atoms with Gasteiger partial charge in [-0.05, 0) is 26.8 Å². The Kier molecular flexibility index (Phi) is 4.47. The number of hydrogen-bond donors (Lipinski definition) is 1. The van der Waals surface area contributed by atoms with Gasteiger partial charge in [-0.25, -0.2) is 4.79 Å². The number of nitrogen functional groups attached to an aromatic ring is 1. The minimum Gasteiger partial charge on any atom is -0.465 e. The van der Waals surface area contributed by atoms with E-state index in [-0.39, 0.29) is 17.9 Å². The van der Waals surface area contributed by atoms with Crippen molar-refractivity contribution in [1.29, 1.82) is 0 Å². The van der Waals surface area contributed by atoms with Crippen LogP contribution in [0.25, 0.3) is 0 Å². The molecular weight excluding hydrogens is 248 g/mol. The topological polar surface area (TPSA) is 91.5 Å². The van der Waals surface area contributed by atoms with Crippen LogP contribution in [0.15, 0.2) is 12.3 Å². The van der Waals surface area contributed by atoms with E-state index in [9.17, 15) is 9.59 Å². The smallest absolute Gasteiger partial charge is 0.340 e. The van der Waals surface area contributed by atoms with Gasteiger partial charge < -0.3 is 15.2 Å². The highest BCUT2D eigenvalue weighted by molar-refractivity contribution is 5.95. The molecule has 0 amide bonds. The number of aromatic nitrogens is 1. The molecule has 1 rings (SSSR count). The van der Waals surface area contributed by atoms with Crippen LogP contribution in [0.5, 0.6) is 0 Å². The van der Waals surface area contributed by atoms with Crippen LogP contribution in [0, 0.1) is 0 Å². The molecular formula is C13H18N2O4. The highest BCUT2D eigenvalue weighted by Gasteiger charge is 2.33. The summed E-state index contributed by atoms with van der Waals surface area (Å²) in [5.74, 6) is -0.983. The number of carbonyl (C=O) groups is 2. The third kappa shape index (κ3) is 3.01. The Morgan fingerprint density at radius 2 is 2.05 bits per heavy atom. The number of esters is 2. The number of carbonyl (C=O) groups excluding carboxylic acids is 2. The molecule has 0 atom stereocenters. The molecule has 6 heteroatoms. The van der Waals surface area contributed by atoms with Gasteiger partial charge in [0.15, 0.2) is 0 Å². The van der Waals surface area contributed by atoms with Crippen molar-refractivity contribution in [3.05, 3.63) is 23.5 Å². The first-order valence-electron chi connectivity index (χ1n) is 5.86. The molecule has 0 unspecified atom stereocenters. The van der Waals surface area contributed by atoms with Crippen LogP contribution in [-0.4, -0.2) is 30.6 Å². The molecule has 0 aliphatic carbocycles. The molecule has 0 radical (unpaired) electrons. The maximum absolute atomic E-state index is 11.9. The Bertz CT molecular complexity index is 497. The fraction of sp³-hybridized carbons (Fsp3) is 0.462. The molecule has 0 saturated carbocycles. The molecule has 0 aliphatic heterocycles. The summed E-state index contributed by atoms with van der Waals surface area (Å²) in [5.41, 5.74) is 5.49. The summed E-state index contributed by atoms with van der Waals surface area (Å²) in [6.45, 7) is 5.35. The molecule has 19 heavy (non-hydrogen) atoms. The Morgan fingerprint density at radius 3 is 2.58 bits per heavy atom. The van der Waals surface area contributed by atoms with E-state index < -0.39 is 17.4 Å². The molecule has 0 spiro atoms. The Labute approximate surface area is 111 Å². The van der Waals surface area contributed by atoms with Gasteiger partial charge in [0.25, 0.3) is 0 Å². The molecule has 0 aliphatic rings. The second-order valence-electron chi connectivity index (χ2n) is 4.49. The zero-order valence-electron chi connectivity index (χ0n) is 11.5. The van der Waals surface area contributed by atoms with Crippen molar-refractivity contribution in [2.24, 2.45) is 0 Å². The maximum atomic E-state index is 11.9. The lowest BCUT2D eigenvalue weighted by molar-refractivity contribution is -0.148. The number of nitrogens with zero attached hydrogens (tertiary/aromatic N) is 1. The van der Waals surface area contributed by atoms with E-state index in [1.807, 2.05) is 0 Å². The van der Waals surface area contributed by atoms with E-state index in [1.54, 1.807) is 20.8 Å². The number of ether oxygens (including phenoxy) is 2. The predicted octanol–water partition coefficient (Wildman–Crippen LogP) is 1.29. The van der Waals surface area contributed by atoms with Gasteiger partial charge in [0.1, 0.15) is 5.41 Å². The first kappa shape index (κ1) is 14.9. The van der Waals surface area contributed by atoms with E-state index in [1.165, 1.54) is 19.4 Å². The molecule has 0 aromatic carbocycles. The number of methoxy groups -OCH3 is 1. The summed E-state index contributed by atoms with van der Waals surface area (Å²) >= 11 is 0. The summed E-state index contributed by atoms with van der Waals surface area (Å²) in [7, 11) is 1.26. The molecule has 1 heterocycles. The summed E-state index contributed by atoms with van der Waals surface area (Å²) < 4.78 is 9.62. The largest absolute Gasteiger partial charge is 0.465 e. The maximum Gasteiger partial charge on any atom is 0.340 e. The third-order valence-electron chi connectivity index (χ3n) is 2.77. The van der Waals surface area contributed by atoms with Crippen LogP contribution < -0.4 is 5.73 Å². The normalized spacial score (nSPS) is 10.9. The van der Waals surface area contributed by atoms with Crippen LogP contribution in [0.1, 0.15) is 36.8 Å². The van der Waals surface area contributed by atoms with Crippen molar-refractivity contribution in [1.82, 2.24) is 4.98 Å². The first-order valence-corrected chi connectivity index (χ1v) is 5.86. The second kappa shape index (κ2) is 5.69. The van der Waals surface area contributed by atoms with E-state index in [4.69, 9.17) is 10.5 Å². The first-order chi connectivity index (χ1) is 8.84. The Hall–Kier alpha value is -2.11. The molecule has 0 fully saturated rings. The van der Waals surface area contributed by atoms with Crippen molar-refractivity contribution >= 4 is 17.6 Å². The number of nitrogens with two attached hydrogens (primary N) is 1. The molecule has 6 nitrogen and oxygen atoms in total. The SMILES string of the molecule is CCOC(=O)C(C)(C)c1cc(C(=O)OC)c(N)cn1. The summed E-state index contributed by atoms with van der Waals surface area (Å²) in [4.78, 5) is 27.6. The molecule has 0 bridgehead atoms. The third-order valence-corrected chi connectivity index (χ3v) is 2.77. The Morgan fingerprint density at radius 1 is 1.42 bits per heavy atom. The van der Waals surface area contributed by atoms with Gasteiger partial charge in [-0.3, -0.25) is 9.78 Å². The van der Waals surface area contributed by atoms with Crippen LogP contribution in [0.4, 0.5) is 5.69 Å². The van der Waals surface area contributed by atoms with E-state index in [0.717, 1.165) is 0 Å². The zero-order valence-corrected chi connectivity index (χ0v) is 11.5. The standard InChI is InChI=1S/C13H18N2O4/c1-5-19-12(17)13(2,3)10-6-8(11(16)18-4)9(14)7-15-10/h6-7H,5,14H2,1-4H3. The molecule has 1 aromatic rings. The van der Waals surface area contributed by atoms with Crippen LogP contribution in [-0.2, 0) is 19.7 Å². The fourth-order valence-electron chi connectivity index (χ4n) is 1.51. The van der Waals surface area contributed by atoms with Crippen molar-refractivity contribution in [3.63, 3.8) is 0 Å². The highest BCUT2D eigenvalue weighted by atomic mass is 16.5. The number of hydrogen-bond acceptors (Lipinski definition) is 6. The predicted molar refractivity (Wildman–Crippen MR) is 69.6 cm³/mol. The summed E-state index contributed by atoms with van der Waals surface area (Å²) in [6, 6.07) is 1.46. The zero-order chi connectivity index (χ0) is 14.6. The molecule has 104 valence electrons. The van der Waals surface area contributed by atoms with Crippen molar-refractivity contribution in [2.45, 2.75) is 26.2 Å². The number of pyridine rings is 1. The minimum atomic E-state index is -0.966. The average Bonchev–Trinajstić information content (AvgIpc) is 2.38. The van der Waals surface area contributed by atoms with Crippen molar-refractivity contribution in [2.75, 3.05) is 19.5 Å². The quantitative estimate of drug-likeness (QED) is 0.826. The van der Waals surface area contributed by atoms with Crippen LogP contribution in [0.2, 0.25) is 0 Å². The Balaban J connectivity index is 3.21. The van der Waals surface area contributed by atoms with Gasteiger partial charge in [-0.15, -0.1) is 0 Å². The lowest BCUT2D eigenvalue weighted by Gasteiger charge is -2.22. The molecule has 0 saturated heterocycles. The highest BCUT2D eigenvalue weighted by Crippen LogP contribution is 2.25. The number of rotatable bonds is 4. The molecule has 2 N–H and O–H groups in total. The summed E-state index contributed by atoms with van der Waals surface area (Å²) in [5, 5.41) is 0. The van der Waals surface area contributed by atoms with E-state index in [0.29, 0.717) is 5.69 Å². The monoisotopic (exact) mass is 266 g/mol. The fourth-order valence-corrected chi connectivity index (χ4v) is 1.51. The van der Waals surface area contributed by atoms with Gasteiger partial charge in [0.05, 0.1) is 36.9 Å². The van der Waals surface area contributed by atoms with E-state index >= 15 is 0 Å². The summed E-state index contributed by atoms with van der Waals surface area (Å²) in [6.07, 6.45) is 1.34. The number of anilines is 1. The molecule has 1 aromatic heterocycles. The lowest BCUT2D eigenvalue weighted by atomic mass is 9.88. The lowest BCUT2D eigenvalue weighted by Crippen LogP contribution is -2.32. The average molecular weight is 266 g/mol. The van der Waals surface area contributed by atoms with Crippen LogP contribution in [0.3, 0.4) is 0 Å². The van der Waals surface area contributed by atoms with Gasteiger partial charge in [0.2, 0.25) is 0 Å². The van der Waals surface area contributed by atoms with Crippen LogP contribution >= 0.6 is 0 Å². The van der Waals surface area contributed by atoms with Crippen molar-refractivity contribution < 1.29 is 19.1 Å². The van der Waals surface area contributed by atoms with Gasteiger partial charge in [0, 0.05) is 0 Å². The second-order valence-corrected chi connectivity index (χ2v) is 4.49. The van der Waals surface area contributed by atoms with Gasteiger partial charge >= 0.3 is 11.9 Å². The van der Waals surface area contributed by atoms with Gasteiger partial charge in [-0.1, -0.05) is 0 Å².